The Kier molecular flexibility index (Phi) is 7.49. The van der Waals surface area contributed by atoms with Gasteiger partial charge in [-0.2, -0.15) is 0 Å². The van der Waals surface area contributed by atoms with Crippen molar-refractivity contribution in [2.75, 3.05) is 5.32 Å². The predicted molar refractivity (Wildman–Crippen MR) is 130 cm³/mol. The topological polar surface area (TPSA) is 75.1 Å². The number of nitrogens with zero attached hydrogens (tertiary/aromatic N) is 2. The molecule has 33 heavy (non-hydrogen) atoms. The number of benzene rings is 3. The first-order valence-corrected chi connectivity index (χ1v) is 11.9. The highest BCUT2D eigenvalue weighted by Gasteiger charge is 2.17. The minimum Gasteiger partial charge on any atom is -0.508 e. The lowest BCUT2D eigenvalue weighted by Gasteiger charge is -2.11. The van der Waals surface area contributed by atoms with Gasteiger partial charge in [-0.05, 0) is 54.1 Å². The van der Waals surface area contributed by atoms with Crippen LogP contribution in [0.5, 0.6) is 5.75 Å². The molecule has 1 aromatic heterocycles. The third-order valence-electron chi connectivity index (χ3n) is 4.37. The van der Waals surface area contributed by atoms with Gasteiger partial charge in [0.05, 0.1) is 4.90 Å². The Morgan fingerprint density at radius 3 is 2.55 bits per heavy atom. The van der Waals surface area contributed by atoms with Gasteiger partial charge >= 0.3 is 0 Å². The Hall–Kier alpha value is -3.07. The Bertz CT molecular complexity index is 1270. The molecule has 5 nitrogen and oxygen atoms in total. The average molecular weight is 498 g/mol. The van der Waals surface area contributed by atoms with Crippen molar-refractivity contribution >= 4 is 46.7 Å². The number of hydrogen-bond acceptors (Lipinski definition) is 6. The van der Waals surface area contributed by atoms with Crippen LogP contribution in [0.3, 0.4) is 0 Å². The second-order valence-electron chi connectivity index (χ2n) is 6.84. The van der Waals surface area contributed by atoms with Crippen LogP contribution in [0, 0.1) is 5.82 Å². The summed E-state index contributed by atoms with van der Waals surface area (Å²) in [5, 5.41) is 13.5. The highest BCUT2D eigenvalue weighted by molar-refractivity contribution is 7.99. The third kappa shape index (κ3) is 6.47. The first kappa shape index (κ1) is 23.1. The zero-order valence-corrected chi connectivity index (χ0v) is 19.4. The second kappa shape index (κ2) is 10.7. The molecular weight excluding hydrogens is 481 g/mol. The molecule has 0 spiro atoms. The third-order valence-corrected chi connectivity index (χ3v) is 6.59. The number of phenolic OH excluding ortho intramolecular Hbond substituents is 1. The van der Waals surface area contributed by atoms with Crippen molar-refractivity contribution < 1.29 is 14.3 Å². The molecule has 0 saturated carbocycles. The number of anilines is 1. The van der Waals surface area contributed by atoms with Crippen LogP contribution in [-0.2, 0) is 5.75 Å². The van der Waals surface area contributed by atoms with Crippen molar-refractivity contribution in [2.45, 2.75) is 20.7 Å². The molecule has 4 aromatic rings. The summed E-state index contributed by atoms with van der Waals surface area (Å²) in [6.07, 6.45) is 1.61. The van der Waals surface area contributed by atoms with Crippen molar-refractivity contribution in [3.05, 3.63) is 101 Å². The lowest BCUT2D eigenvalue weighted by molar-refractivity contribution is 0.101. The summed E-state index contributed by atoms with van der Waals surface area (Å²) in [6, 6.07) is 19.7. The van der Waals surface area contributed by atoms with E-state index in [0.717, 1.165) is 10.5 Å². The molecule has 0 radical (unpaired) electrons. The maximum absolute atomic E-state index is 13.1. The highest BCUT2D eigenvalue weighted by Crippen LogP contribution is 2.32. The van der Waals surface area contributed by atoms with E-state index >= 15 is 0 Å². The first-order valence-electron chi connectivity index (χ1n) is 9.74. The van der Waals surface area contributed by atoms with Gasteiger partial charge in [0.15, 0.2) is 5.16 Å². The number of hydrogen-bond donors (Lipinski definition) is 2. The fraction of sp³-hybridized carbons (Fsp3) is 0.0417. The lowest BCUT2D eigenvalue weighted by Crippen LogP contribution is -2.15. The fourth-order valence-corrected chi connectivity index (χ4v) is 4.56. The van der Waals surface area contributed by atoms with Gasteiger partial charge in [0, 0.05) is 33.6 Å². The number of halogens is 2. The maximum Gasteiger partial charge on any atom is 0.275 e. The summed E-state index contributed by atoms with van der Waals surface area (Å²) in [6.45, 7) is 0. The van der Waals surface area contributed by atoms with Crippen LogP contribution in [-0.4, -0.2) is 21.0 Å². The molecule has 0 bridgehead atoms. The van der Waals surface area contributed by atoms with Gasteiger partial charge in [-0.15, -0.1) is 0 Å². The van der Waals surface area contributed by atoms with Gasteiger partial charge in [-0.3, -0.25) is 4.79 Å². The van der Waals surface area contributed by atoms with E-state index in [1.165, 1.54) is 47.8 Å². The predicted octanol–water partition coefficient (Wildman–Crippen LogP) is 6.67. The SMILES string of the molecule is O=C(Nc1cccc(O)c1)c1nc(SCc2ccc(F)cc2)ncc1Sc1ccc(Cl)cc1. The van der Waals surface area contributed by atoms with E-state index in [1.54, 1.807) is 42.6 Å². The molecule has 0 atom stereocenters. The van der Waals surface area contributed by atoms with Gasteiger partial charge in [0.25, 0.3) is 5.91 Å². The molecule has 0 unspecified atom stereocenters. The fourth-order valence-electron chi connectivity index (χ4n) is 2.79. The number of aromatic nitrogens is 2. The van der Waals surface area contributed by atoms with Crippen LogP contribution >= 0.6 is 35.1 Å². The number of carbonyl (C=O) groups is 1. The molecular formula is C24H17ClFN3O2S2. The quantitative estimate of drug-likeness (QED) is 0.219. The number of rotatable bonds is 7. The molecule has 9 heteroatoms. The standard InChI is InChI=1S/C24H17ClFN3O2S2/c25-16-6-10-20(11-7-16)33-21-13-27-24(32-14-15-4-8-17(26)9-5-15)29-22(21)23(31)28-18-2-1-3-19(30)12-18/h1-13,30H,14H2,(H,28,31). The van der Waals surface area contributed by atoms with Crippen LogP contribution in [0.2, 0.25) is 5.02 Å². The highest BCUT2D eigenvalue weighted by atomic mass is 35.5. The van der Waals surface area contributed by atoms with E-state index in [0.29, 0.717) is 26.5 Å². The number of carbonyl (C=O) groups excluding carboxylic acids is 1. The van der Waals surface area contributed by atoms with Crippen LogP contribution < -0.4 is 5.32 Å². The van der Waals surface area contributed by atoms with E-state index in [4.69, 9.17) is 11.6 Å². The van der Waals surface area contributed by atoms with Gasteiger partial charge in [0.1, 0.15) is 17.3 Å². The van der Waals surface area contributed by atoms with Crippen molar-refractivity contribution in [3.8, 4) is 5.75 Å². The number of aromatic hydroxyl groups is 1. The molecule has 1 heterocycles. The van der Waals surface area contributed by atoms with E-state index < -0.39 is 5.91 Å². The summed E-state index contributed by atoms with van der Waals surface area (Å²) in [7, 11) is 0. The lowest BCUT2D eigenvalue weighted by atomic mass is 10.2. The van der Waals surface area contributed by atoms with Gasteiger partial charge in [-0.25, -0.2) is 14.4 Å². The van der Waals surface area contributed by atoms with E-state index in [2.05, 4.69) is 15.3 Å². The van der Waals surface area contributed by atoms with E-state index in [9.17, 15) is 14.3 Å². The van der Waals surface area contributed by atoms with Crippen LogP contribution in [0.25, 0.3) is 0 Å². The molecule has 0 aliphatic carbocycles. The summed E-state index contributed by atoms with van der Waals surface area (Å²) < 4.78 is 13.1. The van der Waals surface area contributed by atoms with Crippen LogP contribution in [0.4, 0.5) is 10.1 Å². The Balaban J connectivity index is 1.59. The Morgan fingerprint density at radius 1 is 1.06 bits per heavy atom. The van der Waals surface area contributed by atoms with Crippen molar-refractivity contribution in [3.63, 3.8) is 0 Å². The van der Waals surface area contributed by atoms with Crippen molar-refractivity contribution in [1.82, 2.24) is 9.97 Å². The molecule has 3 aromatic carbocycles. The normalized spacial score (nSPS) is 10.7. The van der Waals surface area contributed by atoms with Gasteiger partial charge in [-0.1, -0.05) is 53.3 Å². The van der Waals surface area contributed by atoms with Crippen LogP contribution in [0.15, 0.2) is 93.9 Å². The minimum atomic E-state index is -0.428. The summed E-state index contributed by atoms with van der Waals surface area (Å²) >= 11 is 8.66. The number of nitrogens with one attached hydrogen (secondary N) is 1. The zero-order chi connectivity index (χ0) is 23.2. The van der Waals surface area contributed by atoms with E-state index in [1.807, 2.05) is 12.1 Å². The summed E-state index contributed by atoms with van der Waals surface area (Å²) in [5.74, 6) is -0.156. The van der Waals surface area contributed by atoms with Crippen LogP contribution in [0.1, 0.15) is 16.1 Å². The molecule has 0 fully saturated rings. The monoisotopic (exact) mass is 497 g/mol. The average Bonchev–Trinajstić information content (AvgIpc) is 2.81. The Morgan fingerprint density at radius 2 is 1.82 bits per heavy atom. The second-order valence-corrected chi connectivity index (χ2v) is 9.34. The minimum absolute atomic E-state index is 0.0433. The van der Waals surface area contributed by atoms with Crippen molar-refractivity contribution in [1.29, 1.82) is 0 Å². The molecule has 0 saturated heterocycles. The Labute approximate surface area is 203 Å². The summed E-state index contributed by atoms with van der Waals surface area (Å²) in [4.78, 5) is 23.4. The molecule has 0 aliphatic heterocycles. The van der Waals surface area contributed by atoms with Crippen molar-refractivity contribution in [2.24, 2.45) is 0 Å². The first-order chi connectivity index (χ1) is 16.0. The summed E-state index contributed by atoms with van der Waals surface area (Å²) in [5.41, 5.74) is 1.56. The molecule has 166 valence electrons. The van der Waals surface area contributed by atoms with E-state index in [-0.39, 0.29) is 17.3 Å². The number of phenols is 1. The molecule has 1 amide bonds. The maximum atomic E-state index is 13.1. The zero-order valence-electron chi connectivity index (χ0n) is 17.0. The number of thioether (sulfide) groups is 1. The largest absolute Gasteiger partial charge is 0.508 e. The number of amides is 1. The smallest absolute Gasteiger partial charge is 0.275 e. The molecule has 2 N–H and O–H groups in total. The molecule has 4 rings (SSSR count). The van der Waals surface area contributed by atoms with Gasteiger partial charge < -0.3 is 10.4 Å². The van der Waals surface area contributed by atoms with Gasteiger partial charge in [0.2, 0.25) is 0 Å². The molecule has 0 aliphatic rings.